The molecule has 0 unspecified atom stereocenters. The molecule has 5 heteroatoms. The van der Waals surface area contributed by atoms with Crippen molar-refractivity contribution >= 4 is 34.9 Å². The number of halogens is 1. The second kappa shape index (κ2) is 5.74. The minimum Gasteiger partial charge on any atom is -0.437 e. The molecule has 0 aliphatic heterocycles. The monoisotopic (exact) mass is 321 g/mol. The van der Waals surface area contributed by atoms with Crippen LogP contribution in [0.2, 0.25) is 5.02 Å². The molecular weight excluding hydrogens is 310 g/mol. The van der Waals surface area contributed by atoms with Crippen molar-refractivity contribution in [2.24, 2.45) is 0 Å². The van der Waals surface area contributed by atoms with Crippen LogP contribution in [-0.4, -0.2) is 14.5 Å². The lowest BCUT2D eigenvalue weighted by Gasteiger charge is -2.01. The van der Waals surface area contributed by atoms with E-state index in [0.717, 1.165) is 22.4 Å². The van der Waals surface area contributed by atoms with Gasteiger partial charge in [-0.05, 0) is 42.0 Å². The molecule has 4 aromatic rings. The standard InChI is InChI=1S/C18H12ClN3O/c19-14-4-7-17-16(11-14)21-18(23-17)8-3-13-1-5-15(6-2-13)22-10-9-20-12-22/h1-12H/b8-3+. The fourth-order valence-corrected chi connectivity index (χ4v) is 2.49. The van der Waals surface area contributed by atoms with Crippen LogP contribution in [0.1, 0.15) is 11.5 Å². The van der Waals surface area contributed by atoms with Gasteiger partial charge < -0.3 is 8.98 Å². The number of rotatable bonds is 3. The normalized spacial score (nSPS) is 11.5. The SMILES string of the molecule is Clc1ccc2oc(/C=C/c3ccc(-n4ccnc4)cc3)nc2c1. The summed E-state index contributed by atoms with van der Waals surface area (Å²) in [5, 5.41) is 0.649. The van der Waals surface area contributed by atoms with Gasteiger partial charge >= 0.3 is 0 Å². The Morgan fingerprint density at radius 1 is 1.04 bits per heavy atom. The van der Waals surface area contributed by atoms with E-state index < -0.39 is 0 Å². The van der Waals surface area contributed by atoms with Gasteiger partial charge in [0.05, 0.1) is 6.33 Å². The van der Waals surface area contributed by atoms with E-state index in [1.54, 1.807) is 24.7 Å². The third-order valence-electron chi connectivity index (χ3n) is 3.48. The predicted octanol–water partition coefficient (Wildman–Crippen LogP) is 4.84. The van der Waals surface area contributed by atoms with Gasteiger partial charge in [0, 0.05) is 29.2 Å². The summed E-state index contributed by atoms with van der Waals surface area (Å²) in [5.74, 6) is 0.556. The van der Waals surface area contributed by atoms with Crippen LogP contribution in [0, 0.1) is 0 Å². The molecule has 0 aliphatic carbocycles. The first-order valence-electron chi connectivity index (χ1n) is 7.10. The molecule has 23 heavy (non-hydrogen) atoms. The number of hydrogen-bond donors (Lipinski definition) is 0. The molecule has 2 aromatic heterocycles. The molecule has 0 fully saturated rings. The van der Waals surface area contributed by atoms with E-state index in [-0.39, 0.29) is 0 Å². The average molecular weight is 322 g/mol. The van der Waals surface area contributed by atoms with Crippen LogP contribution in [0.4, 0.5) is 0 Å². The lowest BCUT2D eigenvalue weighted by atomic mass is 10.2. The molecule has 0 aliphatic rings. The van der Waals surface area contributed by atoms with E-state index in [2.05, 4.69) is 9.97 Å². The molecule has 0 spiro atoms. The third kappa shape index (κ3) is 2.89. The van der Waals surface area contributed by atoms with Crippen LogP contribution < -0.4 is 0 Å². The molecule has 0 bridgehead atoms. The fraction of sp³-hybridized carbons (Fsp3) is 0. The summed E-state index contributed by atoms with van der Waals surface area (Å²) in [6.07, 6.45) is 9.25. The number of aromatic nitrogens is 3. The predicted molar refractivity (Wildman–Crippen MR) is 91.5 cm³/mol. The second-order valence-corrected chi connectivity index (χ2v) is 5.50. The highest BCUT2D eigenvalue weighted by atomic mass is 35.5. The van der Waals surface area contributed by atoms with Crippen molar-refractivity contribution < 1.29 is 4.42 Å². The largest absolute Gasteiger partial charge is 0.437 e. The first-order chi connectivity index (χ1) is 11.3. The molecule has 0 saturated heterocycles. The third-order valence-corrected chi connectivity index (χ3v) is 3.72. The van der Waals surface area contributed by atoms with Crippen molar-refractivity contribution in [1.82, 2.24) is 14.5 Å². The van der Waals surface area contributed by atoms with Crippen molar-refractivity contribution in [1.29, 1.82) is 0 Å². The minimum atomic E-state index is 0.556. The average Bonchev–Trinajstić information content (AvgIpc) is 3.22. The van der Waals surface area contributed by atoms with E-state index in [1.807, 2.05) is 53.2 Å². The van der Waals surface area contributed by atoms with Gasteiger partial charge in [0.25, 0.3) is 0 Å². The zero-order chi connectivity index (χ0) is 15.6. The van der Waals surface area contributed by atoms with Crippen LogP contribution in [-0.2, 0) is 0 Å². The molecule has 0 N–H and O–H groups in total. The van der Waals surface area contributed by atoms with Crippen LogP contribution in [0.3, 0.4) is 0 Å². The molecule has 0 amide bonds. The molecule has 2 heterocycles. The molecule has 0 atom stereocenters. The summed E-state index contributed by atoms with van der Waals surface area (Å²) in [7, 11) is 0. The van der Waals surface area contributed by atoms with Crippen molar-refractivity contribution in [2.45, 2.75) is 0 Å². The highest BCUT2D eigenvalue weighted by Crippen LogP contribution is 2.21. The molecule has 0 radical (unpaired) electrons. The maximum atomic E-state index is 5.95. The van der Waals surface area contributed by atoms with Gasteiger partial charge in [-0.2, -0.15) is 0 Å². The van der Waals surface area contributed by atoms with Gasteiger partial charge in [0.15, 0.2) is 5.58 Å². The number of nitrogens with zero attached hydrogens (tertiary/aromatic N) is 3. The van der Waals surface area contributed by atoms with E-state index in [1.165, 1.54) is 0 Å². The number of imidazole rings is 1. The van der Waals surface area contributed by atoms with Gasteiger partial charge in [-0.15, -0.1) is 0 Å². The van der Waals surface area contributed by atoms with E-state index >= 15 is 0 Å². The summed E-state index contributed by atoms with van der Waals surface area (Å²) >= 11 is 5.95. The van der Waals surface area contributed by atoms with Crippen LogP contribution in [0.5, 0.6) is 0 Å². The van der Waals surface area contributed by atoms with Gasteiger partial charge in [0.1, 0.15) is 5.52 Å². The van der Waals surface area contributed by atoms with Gasteiger partial charge in [-0.1, -0.05) is 23.7 Å². The van der Waals surface area contributed by atoms with Crippen LogP contribution in [0.15, 0.2) is 65.6 Å². The van der Waals surface area contributed by atoms with Crippen molar-refractivity contribution in [2.75, 3.05) is 0 Å². The zero-order valence-electron chi connectivity index (χ0n) is 12.1. The first kappa shape index (κ1) is 13.8. The van der Waals surface area contributed by atoms with Crippen molar-refractivity contribution in [3.63, 3.8) is 0 Å². The highest BCUT2D eigenvalue weighted by molar-refractivity contribution is 6.31. The summed E-state index contributed by atoms with van der Waals surface area (Å²) in [6.45, 7) is 0. The summed E-state index contributed by atoms with van der Waals surface area (Å²) in [4.78, 5) is 8.44. The Hall–Kier alpha value is -2.85. The summed E-state index contributed by atoms with van der Waals surface area (Å²) in [6, 6.07) is 13.5. The van der Waals surface area contributed by atoms with E-state index in [0.29, 0.717) is 10.9 Å². The molecular formula is C18H12ClN3O. The molecule has 4 rings (SSSR count). The summed E-state index contributed by atoms with van der Waals surface area (Å²) in [5.41, 5.74) is 3.61. The van der Waals surface area contributed by atoms with Crippen molar-refractivity contribution in [3.05, 3.63) is 77.7 Å². The first-order valence-corrected chi connectivity index (χ1v) is 7.48. The number of oxazole rings is 1. The van der Waals surface area contributed by atoms with Crippen LogP contribution >= 0.6 is 11.6 Å². The van der Waals surface area contributed by atoms with E-state index in [9.17, 15) is 0 Å². The lowest BCUT2D eigenvalue weighted by molar-refractivity contribution is 0.590. The van der Waals surface area contributed by atoms with Gasteiger partial charge in [0.2, 0.25) is 5.89 Å². The number of hydrogen-bond acceptors (Lipinski definition) is 3. The van der Waals surface area contributed by atoms with Gasteiger partial charge in [-0.3, -0.25) is 0 Å². The summed E-state index contributed by atoms with van der Waals surface area (Å²) < 4.78 is 7.61. The smallest absolute Gasteiger partial charge is 0.220 e. The Morgan fingerprint density at radius 3 is 2.70 bits per heavy atom. The second-order valence-electron chi connectivity index (χ2n) is 5.06. The quantitative estimate of drug-likeness (QED) is 0.542. The van der Waals surface area contributed by atoms with Gasteiger partial charge in [-0.25, -0.2) is 9.97 Å². The minimum absolute atomic E-state index is 0.556. The topological polar surface area (TPSA) is 43.9 Å². The lowest BCUT2D eigenvalue weighted by Crippen LogP contribution is -1.88. The molecule has 4 nitrogen and oxygen atoms in total. The number of fused-ring (bicyclic) bond motifs is 1. The Bertz CT molecular complexity index is 969. The Morgan fingerprint density at radius 2 is 1.91 bits per heavy atom. The molecule has 112 valence electrons. The maximum absolute atomic E-state index is 5.95. The maximum Gasteiger partial charge on any atom is 0.220 e. The van der Waals surface area contributed by atoms with Crippen molar-refractivity contribution in [3.8, 4) is 5.69 Å². The molecule has 2 aromatic carbocycles. The van der Waals surface area contributed by atoms with Crippen LogP contribution in [0.25, 0.3) is 28.9 Å². The Balaban J connectivity index is 1.57. The Labute approximate surface area is 137 Å². The number of benzene rings is 2. The highest BCUT2D eigenvalue weighted by Gasteiger charge is 2.03. The zero-order valence-corrected chi connectivity index (χ0v) is 12.8. The molecule has 0 saturated carbocycles. The fourth-order valence-electron chi connectivity index (χ4n) is 2.33. The Kier molecular flexibility index (Phi) is 3.44. The van der Waals surface area contributed by atoms with E-state index in [4.69, 9.17) is 16.0 Å².